The van der Waals surface area contributed by atoms with Crippen LogP contribution in [0.15, 0.2) is 22.7 Å². The monoisotopic (exact) mass is 312 g/mol. The largest absolute Gasteiger partial charge is 0.489 e. The highest BCUT2D eigenvalue weighted by molar-refractivity contribution is 9.10. The highest BCUT2D eigenvalue weighted by Crippen LogP contribution is 2.34. The third kappa shape index (κ3) is 3.27. The van der Waals surface area contributed by atoms with E-state index in [1.165, 1.54) is 6.42 Å². The molecule has 1 saturated carbocycles. The van der Waals surface area contributed by atoms with Gasteiger partial charge in [-0.25, -0.2) is 0 Å². The van der Waals surface area contributed by atoms with Crippen molar-refractivity contribution >= 4 is 15.9 Å². The Morgan fingerprint density at radius 2 is 2.06 bits per heavy atom. The van der Waals surface area contributed by atoms with Gasteiger partial charge in [0.15, 0.2) is 0 Å². The summed E-state index contributed by atoms with van der Waals surface area (Å²) in [6.07, 6.45) is 3.85. The first-order valence-electron chi connectivity index (χ1n) is 6.66. The minimum Gasteiger partial charge on any atom is -0.489 e. The molecule has 1 aliphatic rings. The second kappa shape index (κ2) is 6.07. The minimum absolute atomic E-state index is 0.0663. The first kappa shape index (κ1) is 13.9. The van der Waals surface area contributed by atoms with Gasteiger partial charge >= 0.3 is 0 Å². The molecular weight excluding hydrogens is 292 g/mol. The molecule has 0 radical (unpaired) electrons. The third-order valence-electron chi connectivity index (χ3n) is 4.02. The van der Waals surface area contributed by atoms with Crippen LogP contribution >= 0.6 is 15.9 Å². The lowest BCUT2D eigenvalue weighted by atomic mass is 9.80. The molecule has 0 heterocycles. The minimum atomic E-state index is 0.0663. The molecule has 3 unspecified atom stereocenters. The van der Waals surface area contributed by atoms with Crippen LogP contribution in [0, 0.1) is 11.8 Å². The third-order valence-corrected chi connectivity index (χ3v) is 4.64. The van der Waals surface area contributed by atoms with E-state index in [0.717, 1.165) is 40.5 Å². The normalized spacial score (nSPS) is 28.1. The van der Waals surface area contributed by atoms with E-state index in [2.05, 4.69) is 29.8 Å². The van der Waals surface area contributed by atoms with Gasteiger partial charge in [0.2, 0.25) is 0 Å². The van der Waals surface area contributed by atoms with Gasteiger partial charge in [0, 0.05) is 0 Å². The van der Waals surface area contributed by atoms with E-state index in [1.54, 1.807) is 0 Å². The van der Waals surface area contributed by atoms with E-state index in [9.17, 15) is 0 Å². The van der Waals surface area contributed by atoms with E-state index in [1.807, 2.05) is 18.2 Å². The van der Waals surface area contributed by atoms with Crippen LogP contribution in [0.25, 0.3) is 0 Å². The molecular formula is C15H21BrO2. The number of hydrogen-bond acceptors (Lipinski definition) is 2. The van der Waals surface area contributed by atoms with Crippen molar-refractivity contribution in [2.75, 3.05) is 0 Å². The van der Waals surface area contributed by atoms with Crippen LogP contribution in [-0.4, -0.2) is 11.2 Å². The Morgan fingerprint density at radius 3 is 2.67 bits per heavy atom. The maximum absolute atomic E-state index is 9.08. The lowest BCUT2D eigenvalue weighted by Crippen LogP contribution is -2.28. The van der Waals surface area contributed by atoms with Crippen molar-refractivity contribution in [3.8, 4) is 5.75 Å². The molecule has 0 amide bonds. The summed E-state index contributed by atoms with van der Waals surface area (Å²) in [6.45, 7) is 4.70. The molecule has 0 spiro atoms. The Hall–Kier alpha value is -0.540. The van der Waals surface area contributed by atoms with Crippen LogP contribution < -0.4 is 4.74 Å². The quantitative estimate of drug-likeness (QED) is 0.908. The van der Waals surface area contributed by atoms with Crippen molar-refractivity contribution in [3.63, 3.8) is 0 Å². The summed E-state index contributed by atoms with van der Waals surface area (Å²) in [7, 11) is 0. The molecule has 1 aromatic rings. The Morgan fingerprint density at radius 1 is 1.28 bits per heavy atom. The molecule has 3 heteroatoms. The van der Waals surface area contributed by atoms with Crippen LogP contribution in [0.4, 0.5) is 0 Å². The lowest BCUT2D eigenvalue weighted by Gasteiger charge is -2.32. The molecule has 100 valence electrons. The summed E-state index contributed by atoms with van der Waals surface area (Å²) < 4.78 is 7.01. The van der Waals surface area contributed by atoms with Crippen molar-refractivity contribution in [2.24, 2.45) is 11.8 Å². The maximum Gasteiger partial charge on any atom is 0.133 e. The zero-order valence-electron chi connectivity index (χ0n) is 11.0. The Kier molecular flexibility index (Phi) is 4.68. The predicted molar refractivity (Wildman–Crippen MR) is 76.7 cm³/mol. The summed E-state index contributed by atoms with van der Waals surface area (Å²) >= 11 is 3.51. The molecule has 1 aromatic carbocycles. The number of aliphatic hydroxyl groups excluding tert-OH is 1. The van der Waals surface area contributed by atoms with Crippen LogP contribution in [0.2, 0.25) is 0 Å². The predicted octanol–water partition coefficient (Wildman–Crippen LogP) is 4.14. The first-order valence-corrected chi connectivity index (χ1v) is 7.45. The van der Waals surface area contributed by atoms with E-state index in [4.69, 9.17) is 9.84 Å². The summed E-state index contributed by atoms with van der Waals surface area (Å²) in [5.74, 6) is 2.43. The number of benzene rings is 1. The van der Waals surface area contributed by atoms with Crippen molar-refractivity contribution in [3.05, 3.63) is 28.2 Å². The highest BCUT2D eigenvalue weighted by atomic mass is 79.9. The van der Waals surface area contributed by atoms with E-state index in [0.29, 0.717) is 6.10 Å². The molecule has 1 fully saturated rings. The average Bonchev–Trinajstić information content (AvgIpc) is 2.36. The van der Waals surface area contributed by atoms with E-state index >= 15 is 0 Å². The van der Waals surface area contributed by atoms with Gasteiger partial charge in [-0.15, -0.1) is 0 Å². The van der Waals surface area contributed by atoms with Crippen molar-refractivity contribution in [1.82, 2.24) is 0 Å². The Bertz CT molecular complexity index is 405. The molecule has 18 heavy (non-hydrogen) atoms. The summed E-state index contributed by atoms with van der Waals surface area (Å²) in [5.41, 5.74) is 0.903. The fourth-order valence-electron chi connectivity index (χ4n) is 2.52. The van der Waals surface area contributed by atoms with Crippen LogP contribution in [0.1, 0.15) is 38.7 Å². The van der Waals surface area contributed by atoms with E-state index in [-0.39, 0.29) is 6.61 Å². The number of rotatable bonds is 3. The maximum atomic E-state index is 9.08. The molecule has 1 aliphatic carbocycles. The number of ether oxygens (including phenoxy) is 1. The molecule has 2 rings (SSSR count). The van der Waals surface area contributed by atoms with Gasteiger partial charge in [0.1, 0.15) is 5.75 Å². The zero-order valence-corrected chi connectivity index (χ0v) is 12.6. The number of halogens is 1. The Balaban J connectivity index is 2.01. The lowest BCUT2D eigenvalue weighted by molar-refractivity contribution is 0.0999. The first-order chi connectivity index (χ1) is 8.60. The molecule has 2 nitrogen and oxygen atoms in total. The number of aliphatic hydroxyl groups is 1. The zero-order chi connectivity index (χ0) is 13.1. The Labute approximate surface area is 117 Å². The van der Waals surface area contributed by atoms with Gasteiger partial charge in [-0.1, -0.05) is 19.9 Å². The van der Waals surface area contributed by atoms with Gasteiger partial charge in [-0.2, -0.15) is 0 Å². The summed E-state index contributed by atoms with van der Waals surface area (Å²) in [6, 6.07) is 5.78. The van der Waals surface area contributed by atoms with Gasteiger partial charge in [0.05, 0.1) is 17.2 Å². The van der Waals surface area contributed by atoms with Gasteiger partial charge < -0.3 is 9.84 Å². The summed E-state index contributed by atoms with van der Waals surface area (Å²) in [4.78, 5) is 0. The molecule has 0 saturated heterocycles. The second-order valence-electron chi connectivity index (χ2n) is 5.43. The molecule has 0 aliphatic heterocycles. The molecule has 0 bridgehead atoms. The van der Waals surface area contributed by atoms with E-state index < -0.39 is 0 Å². The number of hydrogen-bond donors (Lipinski definition) is 1. The van der Waals surface area contributed by atoms with Gasteiger partial charge in [-0.05, 0) is 64.7 Å². The van der Waals surface area contributed by atoms with Gasteiger partial charge in [-0.3, -0.25) is 0 Å². The molecule has 0 aromatic heterocycles. The van der Waals surface area contributed by atoms with Gasteiger partial charge in [0.25, 0.3) is 0 Å². The fraction of sp³-hybridized carbons (Fsp3) is 0.600. The molecule has 1 N–H and O–H groups in total. The van der Waals surface area contributed by atoms with Crippen LogP contribution in [0.5, 0.6) is 5.75 Å². The fourth-order valence-corrected chi connectivity index (χ4v) is 3.04. The molecule has 3 atom stereocenters. The van der Waals surface area contributed by atoms with Crippen molar-refractivity contribution in [2.45, 2.75) is 45.8 Å². The smallest absolute Gasteiger partial charge is 0.133 e. The van der Waals surface area contributed by atoms with Crippen LogP contribution in [-0.2, 0) is 6.61 Å². The second-order valence-corrected chi connectivity index (χ2v) is 6.28. The van der Waals surface area contributed by atoms with Crippen LogP contribution in [0.3, 0.4) is 0 Å². The standard InChI is InChI=1S/C15H21BrO2/c1-10-3-5-13(7-11(10)2)18-15-6-4-12(9-17)8-14(15)16/h4,6,8,10-11,13,17H,3,5,7,9H2,1-2H3. The summed E-state index contributed by atoms with van der Waals surface area (Å²) in [5, 5.41) is 9.08. The van der Waals surface area contributed by atoms with Crippen molar-refractivity contribution < 1.29 is 9.84 Å². The SMILES string of the molecule is CC1CCC(Oc2ccc(CO)cc2Br)CC1C. The highest BCUT2D eigenvalue weighted by Gasteiger charge is 2.26. The van der Waals surface area contributed by atoms with Crippen molar-refractivity contribution in [1.29, 1.82) is 0 Å². The topological polar surface area (TPSA) is 29.5 Å². The average molecular weight is 313 g/mol.